The summed E-state index contributed by atoms with van der Waals surface area (Å²) in [5.74, 6) is 0. The van der Waals surface area contributed by atoms with Gasteiger partial charge in [0.25, 0.3) is 0 Å². The van der Waals surface area contributed by atoms with Crippen molar-refractivity contribution in [3.8, 4) is 6.07 Å². The summed E-state index contributed by atoms with van der Waals surface area (Å²) in [7, 11) is 0. The molecule has 1 atom stereocenters. The van der Waals surface area contributed by atoms with Crippen molar-refractivity contribution < 1.29 is 0 Å². The van der Waals surface area contributed by atoms with Gasteiger partial charge in [-0.05, 0) is 19.1 Å². The van der Waals surface area contributed by atoms with Crippen molar-refractivity contribution in [1.82, 2.24) is 4.98 Å². The molecular formula is C10H11N3. The molecule has 1 N–H and O–H groups in total. The number of nitrogens with one attached hydrogen (secondary N) is 1. The van der Waals surface area contributed by atoms with Gasteiger partial charge in [0.15, 0.2) is 5.69 Å². The summed E-state index contributed by atoms with van der Waals surface area (Å²) < 4.78 is 0. The Hall–Kier alpha value is -1.82. The topological polar surface area (TPSA) is 48.7 Å². The second kappa shape index (κ2) is 4.27. The van der Waals surface area contributed by atoms with Gasteiger partial charge >= 0.3 is 0 Å². The second-order valence-corrected chi connectivity index (χ2v) is 2.68. The first-order valence-electron chi connectivity index (χ1n) is 4.02. The predicted octanol–water partition coefficient (Wildman–Crippen LogP) is 1.94. The minimum absolute atomic E-state index is 0.135. The summed E-state index contributed by atoms with van der Waals surface area (Å²) in [5, 5.41) is 11.8. The summed E-state index contributed by atoms with van der Waals surface area (Å²) in [6.45, 7) is 5.61. The van der Waals surface area contributed by atoms with Crippen molar-refractivity contribution >= 4 is 5.69 Å². The number of pyridine rings is 1. The maximum absolute atomic E-state index is 8.73. The number of hydrogen-bond donors (Lipinski definition) is 1. The van der Waals surface area contributed by atoms with Crippen LogP contribution in [-0.4, -0.2) is 11.0 Å². The molecule has 0 bridgehead atoms. The highest BCUT2D eigenvalue weighted by Crippen LogP contribution is 2.11. The average Bonchev–Trinajstić information content (AvgIpc) is 2.18. The number of aromatic nitrogens is 1. The lowest BCUT2D eigenvalue weighted by Gasteiger charge is -2.10. The Morgan fingerprint density at radius 1 is 1.77 bits per heavy atom. The fourth-order valence-corrected chi connectivity index (χ4v) is 0.915. The van der Waals surface area contributed by atoms with Crippen LogP contribution in [-0.2, 0) is 0 Å². The lowest BCUT2D eigenvalue weighted by Crippen LogP contribution is -2.12. The molecule has 3 nitrogen and oxygen atoms in total. The molecular weight excluding hydrogens is 162 g/mol. The van der Waals surface area contributed by atoms with Crippen LogP contribution in [0.5, 0.6) is 0 Å². The molecule has 0 aliphatic rings. The monoisotopic (exact) mass is 173 g/mol. The van der Waals surface area contributed by atoms with E-state index in [-0.39, 0.29) is 6.04 Å². The van der Waals surface area contributed by atoms with Crippen LogP contribution in [0.25, 0.3) is 0 Å². The van der Waals surface area contributed by atoms with E-state index in [1.807, 2.05) is 19.1 Å². The Balaban J connectivity index is 2.88. The standard InChI is InChI=1S/C10H11N3/c1-3-8(2)13-9-5-4-6-12-10(9)7-11/h3-6,8,13H,1H2,2H3. The lowest BCUT2D eigenvalue weighted by molar-refractivity contribution is 0.994. The van der Waals surface area contributed by atoms with Gasteiger partial charge < -0.3 is 5.32 Å². The highest BCUT2D eigenvalue weighted by atomic mass is 14.9. The molecule has 1 rings (SSSR count). The van der Waals surface area contributed by atoms with Crippen LogP contribution >= 0.6 is 0 Å². The normalized spacial score (nSPS) is 11.4. The van der Waals surface area contributed by atoms with Gasteiger partial charge in [0.05, 0.1) is 5.69 Å². The van der Waals surface area contributed by atoms with Crippen molar-refractivity contribution in [3.05, 3.63) is 36.7 Å². The Morgan fingerprint density at radius 3 is 3.15 bits per heavy atom. The largest absolute Gasteiger partial charge is 0.377 e. The molecule has 0 saturated carbocycles. The molecule has 66 valence electrons. The molecule has 3 heteroatoms. The van der Waals surface area contributed by atoms with E-state index >= 15 is 0 Å². The minimum atomic E-state index is 0.135. The van der Waals surface area contributed by atoms with Crippen LogP contribution in [0.1, 0.15) is 12.6 Å². The molecule has 0 aliphatic heterocycles. The van der Waals surface area contributed by atoms with Gasteiger partial charge in [0.2, 0.25) is 0 Å². The molecule has 0 aromatic carbocycles. The van der Waals surface area contributed by atoms with Crippen molar-refractivity contribution in [1.29, 1.82) is 5.26 Å². The van der Waals surface area contributed by atoms with E-state index in [9.17, 15) is 0 Å². The number of hydrogen-bond acceptors (Lipinski definition) is 3. The molecule has 1 aromatic heterocycles. The predicted molar refractivity (Wildman–Crippen MR) is 52.2 cm³/mol. The molecule has 0 saturated heterocycles. The third-order valence-corrected chi connectivity index (χ3v) is 1.65. The third kappa shape index (κ3) is 2.31. The Bertz CT molecular complexity index is 338. The smallest absolute Gasteiger partial charge is 0.163 e. The lowest BCUT2D eigenvalue weighted by atomic mass is 10.2. The highest BCUT2D eigenvalue weighted by Gasteiger charge is 2.02. The molecule has 13 heavy (non-hydrogen) atoms. The van der Waals surface area contributed by atoms with Gasteiger partial charge in [-0.25, -0.2) is 4.98 Å². The fourth-order valence-electron chi connectivity index (χ4n) is 0.915. The van der Waals surface area contributed by atoms with E-state index < -0.39 is 0 Å². The van der Waals surface area contributed by atoms with E-state index in [0.29, 0.717) is 5.69 Å². The van der Waals surface area contributed by atoms with Crippen LogP contribution in [0.2, 0.25) is 0 Å². The van der Waals surface area contributed by atoms with Gasteiger partial charge in [0, 0.05) is 12.2 Å². The number of anilines is 1. The maximum Gasteiger partial charge on any atom is 0.163 e. The van der Waals surface area contributed by atoms with Crippen LogP contribution in [0.4, 0.5) is 5.69 Å². The maximum atomic E-state index is 8.73. The first-order chi connectivity index (χ1) is 6.27. The van der Waals surface area contributed by atoms with Gasteiger partial charge in [-0.1, -0.05) is 6.08 Å². The minimum Gasteiger partial charge on any atom is -0.377 e. The van der Waals surface area contributed by atoms with Crippen molar-refractivity contribution in [3.63, 3.8) is 0 Å². The summed E-state index contributed by atoms with van der Waals surface area (Å²) in [6, 6.07) is 5.77. The summed E-state index contributed by atoms with van der Waals surface area (Å²) in [5.41, 5.74) is 1.16. The highest BCUT2D eigenvalue weighted by molar-refractivity contribution is 5.54. The Morgan fingerprint density at radius 2 is 2.54 bits per heavy atom. The first-order valence-corrected chi connectivity index (χ1v) is 4.02. The zero-order valence-electron chi connectivity index (χ0n) is 7.49. The van der Waals surface area contributed by atoms with Gasteiger partial charge in [-0.3, -0.25) is 0 Å². The molecule has 0 amide bonds. The fraction of sp³-hybridized carbons (Fsp3) is 0.200. The number of nitriles is 1. The Labute approximate surface area is 77.7 Å². The molecule has 0 spiro atoms. The van der Waals surface area contributed by atoms with Crippen molar-refractivity contribution in [2.45, 2.75) is 13.0 Å². The molecule has 0 aliphatic carbocycles. The molecule has 1 aromatic rings. The number of nitrogens with zero attached hydrogens (tertiary/aromatic N) is 2. The third-order valence-electron chi connectivity index (χ3n) is 1.65. The molecule has 1 unspecified atom stereocenters. The van der Waals surface area contributed by atoms with Crippen LogP contribution < -0.4 is 5.32 Å². The van der Waals surface area contributed by atoms with Gasteiger partial charge in [-0.15, -0.1) is 6.58 Å². The molecule has 0 radical (unpaired) electrons. The van der Waals surface area contributed by atoms with E-state index in [4.69, 9.17) is 5.26 Å². The number of rotatable bonds is 3. The average molecular weight is 173 g/mol. The zero-order chi connectivity index (χ0) is 9.68. The zero-order valence-corrected chi connectivity index (χ0v) is 7.49. The van der Waals surface area contributed by atoms with Crippen molar-refractivity contribution in [2.75, 3.05) is 5.32 Å². The van der Waals surface area contributed by atoms with Crippen LogP contribution in [0.3, 0.4) is 0 Å². The van der Waals surface area contributed by atoms with Crippen molar-refractivity contribution in [2.24, 2.45) is 0 Å². The second-order valence-electron chi connectivity index (χ2n) is 2.68. The van der Waals surface area contributed by atoms with E-state index in [1.54, 1.807) is 18.3 Å². The van der Waals surface area contributed by atoms with E-state index in [2.05, 4.69) is 16.9 Å². The first kappa shape index (κ1) is 9.27. The van der Waals surface area contributed by atoms with Gasteiger partial charge in [0.1, 0.15) is 6.07 Å². The summed E-state index contributed by atoms with van der Waals surface area (Å²) >= 11 is 0. The van der Waals surface area contributed by atoms with E-state index in [1.165, 1.54) is 0 Å². The van der Waals surface area contributed by atoms with Crippen LogP contribution in [0, 0.1) is 11.3 Å². The Kier molecular flexibility index (Phi) is 3.04. The summed E-state index contributed by atoms with van der Waals surface area (Å²) in [6.07, 6.45) is 3.37. The summed E-state index contributed by atoms with van der Waals surface area (Å²) in [4.78, 5) is 3.93. The van der Waals surface area contributed by atoms with Crippen LogP contribution in [0.15, 0.2) is 31.0 Å². The van der Waals surface area contributed by atoms with Gasteiger partial charge in [-0.2, -0.15) is 5.26 Å². The quantitative estimate of drug-likeness (QED) is 0.710. The molecule has 0 fully saturated rings. The van der Waals surface area contributed by atoms with E-state index in [0.717, 1.165) is 5.69 Å². The SMILES string of the molecule is C=CC(C)Nc1cccnc1C#N. The molecule has 1 heterocycles.